The molecule has 4 aromatic rings. The van der Waals surface area contributed by atoms with Crippen molar-refractivity contribution in [3.05, 3.63) is 107 Å². The highest BCUT2D eigenvalue weighted by Gasteiger charge is 2.13. The molecule has 33 heavy (non-hydrogen) atoms. The summed E-state index contributed by atoms with van der Waals surface area (Å²) in [6.45, 7) is 2.01. The van der Waals surface area contributed by atoms with Crippen molar-refractivity contribution in [2.45, 2.75) is 19.8 Å². The van der Waals surface area contributed by atoms with Crippen LogP contribution >= 0.6 is 0 Å². The highest BCUT2D eigenvalue weighted by atomic mass is 16.4. The Morgan fingerprint density at radius 2 is 1.58 bits per heavy atom. The van der Waals surface area contributed by atoms with Gasteiger partial charge in [-0.1, -0.05) is 59.8 Å². The molecule has 6 heteroatoms. The molecule has 0 radical (unpaired) electrons. The fourth-order valence-corrected chi connectivity index (χ4v) is 3.88. The minimum absolute atomic E-state index is 0.269. The Bertz CT molecular complexity index is 1280. The summed E-state index contributed by atoms with van der Waals surface area (Å²) in [6, 6.07) is 22.8. The van der Waals surface area contributed by atoms with E-state index in [1.54, 1.807) is 24.5 Å². The first kappa shape index (κ1) is 21.9. The molecule has 2 N–H and O–H groups in total. The summed E-state index contributed by atoms with van der Waals surface area (Å²) >= 11 is 0. The summed E-state index contributed by atoms with van der Waals surface area (Å²) in [6.07, 6.45) is 4.69. The topological polar surface area (TPSA) is 95.7 Å². The quantitative estimate of drug-likeness (QED) is 0.222. The van der Waals surface area contributed by atoms with E-state index in [0.717, 1.165) is 45.4 Å². The number of carboxylic acids is 1. The second-order valence-electron chi connectivity index (χ2n) is 7.74. The van der Waals surface area contributed by atoms with Gasteiger partial charge >= 0.3 is 5.97 Å². The van der Waals surface area contributed by atoms with Crippen LogP contribution in [-0.2, 0) is 6.42 Å². The third kappa shape index (κ3) is 4.96. The van der Waals surface area contributed by atoms with E-state index in [0.29, 0.717) is 12.1 Å². The fourth-order valence-electron chi connectivity index (χ4n) is 3.88. The van der Waals surface area contributed by atoms with Gasteiger partial charge in [0, 0.05) is 11.1 Å². The monoisotopic (exact) mass is 437 g/mol. The van der Waals surface area contributed by atoms with Crippen LogP contribution in [0, 0.1) is 6.92 Å². The van der Waals surface area contributed by atoms with Gasteiger partial charge < -0.3 is 10.3 Å². The average Bonchev–Trinajstić information content (AvgIpc) is 2.86. The van der Waals surface area contributed by atoms with E-state index in [2.05, 4.69) is 15.4 Å². The Morgan fingerprint density at radius 3 is 2.18 bits per heavy atom. The number of aromatic carboxylic acids is 1. The number of benzene rings is 3. The predicted octanol–water partition coefficient (Wildman–Crippen LogP) is 5.63. The summed E-state index contributed by atoms with van der Waals surface area (Å²) < 4.78 is 0. The zero-order valence-corrected chi connectivity index (χ0v) is 18.1. The number of aryl methyl sites for hydroxylation is 1. The Morgan fingerprint density at radius 1 is 0.879 bits per heavy atom. The van der Waals surface area contributed by atoms with Gasteiger partial charge in [0.15, 0.2) is 0 Å². The molecule has 0 aliphatic heterocycles. The summed E-state index contributed by atoms with van der Waals surface area (Å²) in [7, 11) is 0. The molecular weight excluding hydrogens is 414 g/mol. The van der Waals surface area contributed by atoms with E-state index in [1.807, 2.05) is 67.6 Å². The molecule has 0 bridgehead atoms. The van der Waals surface area contributed by atoms with E-state index >= 15 is 0 Å². The van der Waals surface area contributed by atoms with Crippen LogP contribution in [0.5, 0.6) is 0 Å². The number of rotatable bonds is 7. The van der Waals surface area contributed by atoms with Crippen molar-refractivity contribution < 1.29 is 15.1 Å². The molecule has 6 nitrogen and oxygen atoms in total. The van der Waals surface area contributed by atoms with Gasteiger partial charge in [-0.25, -0.2) is 4.79 Å². The number of nitrogens with zero attached hydrogens (tertiary/aromatic N) is 3. The lowest BCUT2D eigenvalue weighted by molar-refractivity contribution is 0.0697. The highest BCUT2D eigenvalue weighted by Crippen LogP contribution is 2.26. The van der Waals surface area contributed by atoms with Gasteiger partial charge in [0.2, 0.25) is 0 Å². The Hall–Kier alpha value is -4.32. The maximum Gasteiger partial charge on any atom is 0.335 e. The van der Waals surface area contributed by atoms with Gasteiger partial charge in [-0.05, 0) is 65.8 Å². The molecule has 1 heterocycles. The van der Waals surface area contributed by atoms with E-state index in [9.17, 15) is 10.0 Å². The van der Waals surface area contributed by atoms with Crippen LogP contribution in [-0.4, -0.2) is 32.2 Å². The van der Waals surface area contributed by atoms with Crippen molar-refractivity contribution in [2.75, 3.05) is 0 Å². The minimum Gasteiger partial charge on any atom is -0.478 e. The lowest BCUT2D eigenvalue weighted by Crippen LogP contribution is -2.06. The van der Waals surface area contributed by atoms with Crippen molar-refractivity contribution in [3.63, 3.8) is 0 Å². The summed E-state index contributed by atoms with van der Waals surface area (Å²) in [5, 5.41) is 30.2. The summed E-state index contributed by atoms with van der Waals surface area (Å²) in [5.41, 5.74) is 7.92. The highest BCUT2D eigenvalue weighted by molar-refractivity contribution is 6.02. The molecule has 0 saturated heterocycles. The van der Waals surface area contributed by atoms with Gasteiger partial charge in [0.1, 0.15) is 0 Å². The van der Waals surface area contributed by atoms with E-state index in [4.69, 9.17) is 5.11 Å². The second kappa shape index (κ2) is 9.87. The standard InChI is InChI=1S/C27H23N3O3/c1-18-24(23-15-16-28-29-17-23)3-2-4-25(18)26(30-33)14-7-19-5-8-20(9-6-19)21-10-12-22(13-11-21)27(31)32/h2-6,8-13,15-17,33H,7,14H2,1H3,(H,31,32)/b30-26+. The maximum absolute atomic E-state index is 11.0. The predicted molar refractivity (Wildman–Crippen MR) is 128 cm³/mol. The second-order valence-corrected chi connectivity index (χ2v) is 7.74. The Kier molecular flexibility index (Phi) is 6.55. The molecule has 3 aromatic carbocycles. The summed E-state index contributed by atoms with van der Waals surface area (Å²) in [5.74, 6) is -0.934. The molecule has 0 saturated carbocycles. The Labute approximate surface area is 191 Å². The van der Waals surface area contributed by atoms with Gasteiger partial charge in [0.25, 0.3) is 0 Å². The molecule has 0 spiro atoms. The maximum atomic E-state index is 11.0. The SMILES string of the molecule is Cc1c(/C(CCc2ccc(-c3ccc(C(=O)O)cc3)cc2)=N/O)cccc1-c1ccnnc1. The molecule has 164 valence electrons. The molecule has 0 amide bonds. The van der Waals surface area contributed by atoms with Crippen molar-refractivity contribution in [1.82, 2.24) is 10.2 Å². The van der Waals surface area contributed by atoms with Crippen LogP contribution in [0.1, 0.15) is 33.5 Å². The van der Waals surface area contributed by atoms with Crippen molar-refractivity contribution in [2.24, 2.45) is 5.16 Å². The van der Waals surface area contributed by atoms with Crippen LogP contribution in [0.25, 0.3) is 22.3 Å². The lowest BCUT2D eigenvalue weighted by Gasteiger charge is -2.13. The van der Waals surface area contributed by atoms with Crippen molar-refractivity contribution in [1.29, 1.82) is 0 Å². The van der Waals surface area contributed by atoms with Crippen molar-refractivity contribution >= 4 is 11.7 Å². The molecule has 0 atom stereocenters. The minimum atomic E-state index is -0.934. The number of oxime groups is 1. The smallest absolute Gasteiger partial charge is 0.335 e. The number of carboxylic acid groups (broad SMARTS) is 1. The zero-order chi connectivity index (χ0) is 23.2. The molecule has 0 aliphatic rings. The van der Waals surface area contributed by atoms with Crippen LogP contribution in [0.4, 0.5) is 0 Å². The molecule has 0 fully saturated rings. The molecular formula is C27H23N3O3. The number of carbonyl (C=O) groups is 1. The first-order chi connectivity index (χ1) is 16.1. The third-order valence-electron chi connectivity index (χ3n) is 5.73. The number of hydrogen-bond donors (Lipinski definition) is 2. The first-order valence-corrected chi connectivity index (χ1v) is 10.6. The van der Waals surface area contributed by atoms with E-state index in [-0.39, 0.29) is 5.56 Å². The fraction of sp³-hybridized carbons (Fsp3) is 0.111. The molecule has 1 aromatic heterocycles. The van der Waals surface area contributed by atoms with Gasteiger partial charge in [-0.3, -0.25) is 0 Å². The average molecular weight is 437 g/mol. The molecule has 0 aliphatic carbocycles. The van der Waals surface area contributed by atoms with E-state index < -0.39 is 5.97 Å². The number of hydrogen-bond acceptors (Lipinski definition) is 5. The molecule has 0 unspecified atom stereocenters. The van der Waals surface area contributed by atoms with Crippen LogP contribution in [0.2, 0.25) is 0 Å². The van der Waals surface area contributed by atoms with E-state index in [1.165, 1.54) is 0 Å². The number of aromatic nitrogens is 2. The zero-order valence-electron chi connectivity index (χ0n) is 18.1. The third-order valence-corrected chi connectivity index (χ3v) is 5.73. The van der Waals surface area contributed by atoms with Crippen LogP contribution in [0.3, 0.4) is 0 Å². The Balaban J connectivity index is 1.48. The summed E-state index contributed by atoms with van der Waals surface area (Å²) in [4.78, 5) is 11.0. The first-order valence-electron chi connectivity index (χ1n) is 10.6. The molecule has 4 rings (SSSR count). The van der Waals surface area contributed by atoms with Crippen LogP contribution in [0.15, 0.2) is 90.3 Å². The van der Waals surface area contributed by atoms with Crippen molar-refractivity contribution in [3.8, 4) is 22.3 Å². The van der Waals surface area contributed by atoms with Gasteiger partial charge in [-0.2, -0.15) is 10.2 Å². The lowest BCUT2D eigenvalue weighted by atomic mass is 9.92. The normalized spacial score (nSPS) is 11.4. The van der Waals surface area contributed by atoms with Gasteiger partial charge in [-0.15, -0.1) is 0 Å². The largest absolute Gasteiger partial charge is 0.478 e. The van der Waals surface area contributed by atoms with Crippen LogP contribution < -0.4 is 0 Å². The van der Waals surface area contributed by atoms with Gasteiger partial charge in [0.05, 0.1) is 23.7 Å².